The number of likely N-dealkylation sites (tertiary alicyclic amines) is 1. The van der Waals surface area contributed by atoms with Gasteiger partial charge in [-0.1, -0.05) is 23.7 Å². The second-order valence-electron chi connectivity index (χ2n) is 5.81. The fourth-order valence-electron chi connectivity index (χ4n) is 2.52. The summed E-state index contributed by atoms with van der Waals surface area (Å²) < 4.78 is 0. The number of amides is 2. The summed E-state index contributed by atoms with van der Waals surface area (Å²) in [6.07, 6.45) is 0.485. The summed E-state index contributed by atoms with van der Waals surface area (Å²) in [6, 6.07) is 7.19. The fourth-order valence-corrected chi connectivity index (χ4v) is 2.73. The van der Waals surface area contributed by atoms with E-state index in [2.05, 4.69) is 0 Å². The van der Waals surface area contributed by atoms with Crippen molar-refractivity contribution < 1.29 is 14.7 Å². The number of carbonyl (C=O) groups excluding carboxylic acids is 1. The van der Waals surface area contributed by atoms with E-state index in [-0.39, 0.29) is 12.6 Å². The molecule has 1 aliphatic rings. The van der Waals surface area contributed by atoms with E-state index in [1.54, 1.807) is 29.8 Å². The van der Waals surface area contributed by atoms with Crippen molar-refractivity contribution in [3.63, 3.8) is 0 Å². The van der Waals surface area contributed by atoms with Crippen LogP contribution in [0.4, 0.5) is 4.79 Å². The molecule has 1 fully saturated rings. The normalized spacial score (nSPS) is 21.4. The third-order valence-electron chi connectivity index (χ3n) is 3.90. The number of benzene rings is 1. The molecule has 1 aromatic rings. The molecule has 1 unspecified atom stereocenters. The van der Waals surface area contributed by atoms with Gasteiger partial charge >= 0.3 is 12.0 Å². The Bertz CT molecular complexity index is 564. The SMILES string of the molecule is CN(Cc1cccc(Cl)c1)C(=O)N1CCC(C)(C(=O)O)C1. The minimum absolute atomic E-state index is 0.153. The van der Waals surface area contributed by atoms with Crippen LogP contribution in [0.2, 0.25) is 5.02 Å². The summed E-state index contributed by atoms with van der Waals surface area (Å²) in [5.41, 5.74) is 0.102. The van der Waals surface area contributed by atoms with Crippen molar-refractivity contribution >= 4 is 23.6 Å². The zero-order valence-corrected chi connectivity index (χ0v) is 12.9. The lowest BCUT2D eigenvalue weighted by molar-refractivity contribution is -0.147. The van der Waals surface area contributed by atoms with Crippen molar-refractivity contribution in [1.82, 2.24) is 9.80 Å². The predicted molar refractivity (Wildman–Crippen MR) is 80.2 cm³/mol. The Hall–Kier alpha value is -1.75. The second-order valence-corrected chi connectivity index (χ2v) is 6.24. The zero-order valence-electron chi connectivity index (χ0n) is 12.2. The van der Waals surface area contributed by atoms with Crippen molar-refractivity contribution in [3.8, 4) is 0 Å². The molecule has 0 aromatic heterocycles. The van der Waals surface area contributed by atoms with Crippen LogP contribution in [0.15, 0.2) is 24.3 Å². The number of carbonyl (C=O) groups is 2. The van der Waals surface area contributed by atoms with Crippen LogP contribution in [-0.2, 0) is 11.3 Å². The van der Waals surface area contributed by atoms with Crippen molar-refractivity contribution in [1.29, 1.82) is 0 Å². The Kier molecular flexibility index (Phi) is 4.42. The molecular formula is C15H19ClN2O3. The third kappa shape index (κ3) is 3.47. The van der Waals surface area contributed by atoms with Gasteiger partial charge in [-0.2, -0.15) is 0 Å². The maximum atomic E-state index is 12.4. The average molecular weight is 311 g/mol. The van der Waals surface area contributed by atoms with Gasteiger partial charge in [0.1, 0.15) is 0 Å². The van der Waals surface area contributed by atoms with Crippen LogP contribution in [0.1, 0.15) is 18.9 Å². The summed E-state index contributed by atoms with van der Waals surface area (Å²) in [6.45, 7) is 2.85. The number of carboxylic acid groups (broad SMARTS) is 1. The molecule has 5 nitrogen and oxygen atoms in total. The highest BCUT2D eigenvalue weighted by Gasteiger charge is 2.42. The van der Waals surface area contributed by atoms with Crippen LogP contribution < -0.4 is 0 Å². The molecule has 6 heteroatoms. The molecule has 0 spiro atoms. The van der Waals surface area contributed by atoms with Gasteiger partial charge in [0.05, 0.1) is 5.41 Å². The van der Waals surface area contributed by atoms with E-state index in [4.69, 9.17) is 11.6 Å². The van der Waals surface area contributed by atoms with Crippen LogP contribution >= 0.6 is 11.6 Å². The molecule has 1 N–H and O–H groups in total. The quantitative estimate of drug-likeness (QED) is 0.933. The largest absolute Gasteiger partial charge is 0.481 e. The molecule has 0 saturated carbocycles. The number of hydrogen-bond acceptors (Lipinski definition) is 2. The van der Waals surface area contributed by atoms with Gasteiger partial charge in [0.15, 0.2) is 0 Å². The Morgan fingerprint density at radius 3 is 2.76 bits per heavy atom. The van der Waals surface area contributed by atoms with Crippen molar-refractivity contribution in [3.05, 3.63) is 34.9 Å². The van der Waals surface area contributed by atoms with E-state index < -0.39 is 11.4 Å². The van der Waals surface area contributed by atoms with E-state index >= 15 is 0 Å². The number of nitrogens with zero attached hydrogens (tertiary/aromatic N) is 2. The molecule has 2 amide bonds. The molecule has 1 atom stereocenters. The Morgan fingerprint density at radius 2 is 2.19 bits per heavy atom. The van der Waals surface area contributed by atoms with Gasteiger partial charge in [0.2, 0.25) is 0 Å². The third-order valence-corrected chi connectivity index (χ3v) is 4.13. The number of rotatable bonds is 3. The maximum absolute atomic E-state index is 12.4. The molecule has 2 rings (SSSR count). The highest BCUT2D eigenvalue weighted by molar-refractivity contribution is 6.30. The number of aliphatic carboxylic acids is 1. The molecule has 1 aliphatic heterocycles. The number of urea groups is 1. The van der Waals surface area contributed by atoms with Crippen molar-refractivity contribution in [2.45, 2.75) is 19.9 Å². The van der Waals surface area contributed by atoms with Crippen molar-refractivity contribution in [2.24, 2.45) is 5.41 Å². The first kappa shape index (κ1) is 15.6. The monoisotopic (exact) mass is 310 g/mol. The van der Waals surface area contributed by atoms with E-state index in [0.29, 0.717) is 24.5 Å². The highest BCUT2D eigenvalue weighted by Crippen LogP contribution is 2.30. The van der Waals surface area contributed by atoms with Gasteiger partial charge < -0.3 is 14.9 Å². The smallest absolute Gasteiger partial charge is 0.320 e. The summed E-state index contributed by atoms with van der Waals surface area (Å²) in [5, 5.41) is 9.84. The Morgan fingerprint density at radius 1 is 1.48 bits per heavy atom. The first-order valence-corrected chi connectivity index (χ1v) is 7.17. The van der Waals surface area contributed by atoms with Gasteiger partial charge in [-0.15, -0.1) is 0 Å². The first-order chi connectivity index (χ1) is 9.82. The summed E-state index contributed by atoms with van der Waals surface area (Å²) in [4.78, 5) is 26.8. The minimum atomic E-state index is -0.852. The molecule has 0 bridgehead atoms. The molecule has 1 heterocycles. The van der Waals surface area contributed by atoms with Gasteiger partial charge in [0, 0.05) is 31.7 Å². The molecule has 21 heavy (non-hydrogen) atoms. The highest BCUT2D eigenvalue weighted by atomic mass is 35.5. The van der Waals surface area contributed by atoms with Gasteiger partial charge in [-0.3, -0.25) is 4.79 Å². The number of hydrogen-bond donors (Lipinski definition) is 1. The number of halogens is 1. The van der Waals surface area contributed by atoms with E-state index in [9.17, 15) is 14.7 Å². The molecule has 114 valence electrons. The lowest BCUT2D eigenvalue weighted by Gasteiger charge is -2.26. The summed E-state index contributed by atoms with van der Waals surface area (Å²) in [5.74, 6) is -0.852. The van der Waals surface area contributed by atoms with E-state index in [1.165, 1.54) is 0 Å². The standard InChI is InChI=1S/C15H19ClN2O3/c1-15(13(19)20)6-7-18(10-15)14(21)17(2)9-11-4-3-5-12(16)8-11/h3-5,8H,6-7,9-10H2,1-2H3,(H,19,20). The first-order valence-electron chi connectivity index (χ1n) is 6.80. The fraction of sp³-hybridized carbons (Fsp3) is 0.467. The van der Waals surface area contributed by atoms with E-state index in [0.717, 1.165) is 5.56 Å². The predicted octanol–water partition coefficient (Wildman–Crippen LogP) is 2.69. The van der Waals surface area contributed by atoms with Gasteiger partial charge in [-0.25, -0.2) is 4.79 Å². The summed E-state index contributed by atoms with van der Waals surface area (Å²) in [7, 11) is 1.71. The lowest BCUT2D eigenvalue weighted by Crippen LogP contribution is -2.41. The Balaban J connectivity index is 1.99. The molecular weight excluding hydrogens is 292 g/mol. The lowest BCUT2D eigenvalue weighted by atomic mass is 9.90. The zero-order chi connectivity index (χ0) is 15.6. The second kappa shape index (κ2) is 5.93. The molecule has 0 aliphatic carbocycles. The number of carboxylic acids is 1. The topological polar surface area (TPSA) is 60.9 Å². The van der Waals surface area contributed by atoms with Crippen LogP contribution in [0.3, 0.4) is 0 Å². The van der Waals surface area contributed by atoms with Crippen LogP contribution in [0, 0.1) is 5.41 Å². The average Bonchev–Trinajstić information content (AvgIpc) is 2.82. The van der Waals surface area contributed by atoms with Crippen molar-refractivity contribution in [2.75, 3.05) is 20.1 Å². The van der Waals surface area contributed by atoms with Gasteiger partial charge in [-0.05, 0) is 31.0 Å². The molecule has 1 aromatic carbocycles. The van der Waals surface area contributed by atoms with E-state index in [1.807, 2.05) is 18.2 Å². The minimum Gasteiger partial charge on any atom is -0.481 e. The van der Waals surface area contributed by atoms with Crippen LogP contribution in [0.5, 0.6) is 0 Å². The van der Waals surface area contributed by atoms with Crippen LogP contribution in [-0.4, -0.2) is 47.0 Å². The van der Waals surface area contributed by atoms with Gasteiger partial charge in [0.25, 0.3) is 0 Å². The maximum Gasteiger partial charge on any atom is 0.320 e. The Labute approximate surface area is 129 Å². The molecule has 1 saturated heterocycles. The summed E-state index contributed by atoms with van der Waals surface area (Å²) >= 11 is 5.93. The van der Waals surface area contributed by atoms with Crippen LogP contribution in [0.25, 0.3) is 0 Å². The molecule has 0 radical (unpaired) electrons.